The van der Waals surface area contributed by atoms with E-state index in [0.717, 1.165) is 53.5 Å². The number of carbonyl (C=O) groups is 2. The molecule has 0 bridgehead atoms. The van der Waals surface area contributed by atoms with Gasteiger partial charge in [-0.1, -0.05) is 25.4 Å². The van der Waals surface area contributed by atoms with Crippen molar-refractivity contribution in [2.24, 2.45) is 0 Å². The number of carbonyl (C=O) groups excluding carboxylic acids is 2. The Kier molecular flexibility index (Phi) is 6.45. The van der Waals surface area contributed by atoms with Gasteiger partial charge in [-0.2, -0.15) is 0 Å². The lowest BCUT2D eigenvalue weighted by Gasteiger charge is -2.17. The molecule has 0 atom stereocenters. The number of nitrogens with zero attached hydrogens (tertiary/aromatic N) is 1. The molecule has 0 saturated heterocycles. The number of hydrogen-bond donors (Lipinski definition) is 3. The predicted octanol–water partition coefficient (Wildman–Crippen LogP) is 4.45. The zero-order valence-electron chi connectivity index (χ0n) is 17.3. The summed E-state index contributed by atoms with van der Waals surface area (Å²) in [5.74, 6) is -0.184. The Morgan fingerprint density at radius 1 is 1.24 bits per heavy atom. The van der Waals surface area contributed by atoms with Crippen molar-refractivity contribution < 1.29 is 9.59 Å². The molecule has 0 radical (unpaired) electrons. The lowest BCUT2D eigenvalue weighted by atomic mass is 10.0. The first kappa shape index (κ1) is 21.1. The molecule has 6 nitrogen and oxygen atoms in total. The van der Waals surface area contributed by atoms with Gasteiger partial charge in [0, 0.05) is 40.6 Å². The second-order valence-corrected chi connectivity index (χ2v) is 7.63. The minimum Gasteiger partial charge on any atom is -0.357 e. The number of nitrogens with one attached hydrogen (secondary N) is 3. The quantitative estimate of drug-likeness (QED) is 0.586. The molecule has 0 saturated carbocycles. The first-order valence-corrected chi connectivity index (χ1v) is 10.3. The highest BCUT2D eigenvalue weighted by Crippen LogP contribution is 2.36. The lowest BCUT2D eigenvalue weighted by molar-refractivity contribution is -0.116. The van der Waals surface area contributed by atoms with E-state index in [0.29, 0.717) is 17.0 Å². The van der Waals surface area contributed by atoms with Crippen molar-refractivity contribution in [1.29, 1.82) is 0 Å². The van der Waals surface area contributed by atoms with E-state index in [-0.39, 0.29) is 11.8 Å². The van der Waals surface area contributed by atoms with Gasteiger partial charge in [-0.3, -0.25) is 9.59 Å². The van der Waals surface area contributed by atoms with Crippen molar-refractivity contribution in [2.75, 3.05) is 30.3 Å². The van der Waals surface area contributed by atoms with Gasteiger partial charge < -0.3 is 20.5 Å². The van der Waals surface area contributed by atoms with Crippen molar-refractivity contribution in [3.63, 3.8) is 0 Å². The van der Waals surface area contributed by atoms with Crippen LogP contribution in [0.2, 0.25) is 5.02 Å². The molecule has 1 aromatic heterocycles. The Bertz CT molecular complexity index is 973. The highest BCUT2D eigenvalue weighted by molar-refractivity contribution is 6.36. The number of rotatable bonds is 7. The molecule has 0 aliphatic carbocycles. The van der Waals surface area contributed by atoms with Gasteiger partial charge in [0.15, 0.2) is 0 Å². The predicted molar refractivity (Wildman–Crippen MR) is 119 cm³/mol. The van der Waals surface area contributed by atoms with Crippen LogP contribution in [0.25, 0.3) is 11.6 Å². The molecule has 2 aromatic rings. The molecular weight excluding hydrogens is 388 g/mol. The monoisotopic (exact) mass is 414 g/mol. The molecule has 3 N–H and O–H groups in total. The molecule has 3 rings (SSSR count). The fraction of sp³-hybridized carbons (Fsp3) is 0.364. The van der Waals surface area contributed by atoms with Crippen molar-refractivity contribution in [3.05, 3.63) is 45.7 Å². The molecule has 0 unspecified atom stereocenters. The first-order chi connectivity index (χ1) is 13.8. The number of anilines is 2. The Morgan fingerprint density at radius 2 is 1.97 bits per heavy atom. The van der Waals surface area contributed by atoms with Crippen LogP contribution < -0.4 is 10.6 Å². The fourth-order valence-corrected chi connectivity index (χ4v) is 3.73. The van der Waals surface area contributed by atoms with Crippen LogP contribution >= 0.6 is 11.6 Å². The highest BCUT2D eigenvalue weighted by atomic mass is 35.5. The van der Waals surface area contributed by atoms with E-state index in [1.54, 1.807) is 18.2 Å². The van der Waals surface area contributed by atoms with Crippen molar-refractivity contribution >= 4 is 46.4 Å². The summed E-state index contributed by atoms with van der Waals surface area (Å²) in [5.41, 5.74) is 5.39. The van der Waals surface area contributed by atoms with E-state index in [1.807, 2.05) is 19.9 Å². The Hall–Kier alpha value is -2.57. The minimum atomic E-state index is -0.168. The maximum Gasteiger partial charge on any atom is 0.256 e. The average molecular weight is 415 g/mol. The molecule has 7 heteroatoms. The highest BCUT2D eigenvalue weighted by Gasteiger charge is 2.25. The van der Waals surface area contributed by atoms with E-state index >= 15 is 0 Å². The van der Waals surface area contributed by atoms with Crippen LogP contribution in [0.5, 0.6) is 0 Å². The largest absolute Gasteiger partial charge is 0.357 e. The van der Waals surface area contributed by atoms with Gasteiger partial charge >= 0.3 is 0 Å². The number of aromatic nitrogens is 1. The van der Waals surface area contributed by atoms with Crippen LogP contribution in [-0.2, 0) is 9.59 Å². The summed E-state index contributed by atoms with van der Waals surface area (Å²) in [6, 6.07) is 5.33. The molecule has 2 amide bonds. The first-order valence-electron chi connectivity index (χ1n) is 9.88. The van der Waals surface area contributed by atoms with E-state index in [9.17, 15) is 9.59 Å². The summed E-state index contributed by atoms with van der Waals surface area (Å²) in [6.45, 7) is 10.6. The number of H-pyrrole nitrogens is 1. The lowest BCUT2D eigenvalue weighted by Crippen LogP contribution is -2.27. The number of halogens is 1. The number of hydrogen-bond acceptors (Lipinski definition) is 3. The number of benzene rings is 1. The average Bonchev–Trinajstić information content (AvgIpc) is 3.13. The van der Waals surface area contributed by atoms with Crippen LogP contribution in [0.4, 0.5) is 11.4 Å². The van der Waals surface area contributed by atoms with E-state index in [4.69, 9.17) is 11.6 Å². The van der Waals surface area contributed by atoms with E-state index in [1.165, 1.54) is 0 Å². The molecule has 0 spiro atoms. The summed E-state index contributed by atoms with van der Waals surface area (Å²) in [4.78, 5) is 30.3. The van der Waals surface area contributed by atoms with Crippen molar-refractivity contribution in [1.82, 2.24) is 9.88 Å². The molecule has 1 aromatic carbocycles. The van der Waals surface area contributed by atoms with E-state index in [2.05, 4.69) is 34.4 Å². The van der Waals surface area contributed by atoms with Gasteiger partial charge in [0.1, 0.15) is 0 Å². The van der Waals surface area contributed by atoms with E-state index < -0.39 is 0 Å². The number of amides is 2. The third-order valence-corrected chi connectivity index (χ3v) is 5.58. The van der Waals surface area contributed by atoms with Crippen molar-refractivity contribution in [3.8, 4) is 0 Å². The van der Waals surface area contributed by atoms with Gasteiger partial charge in [-0.15, -0.1) is 0 Å². The SMILES string of the molecule is CCN(CC)CCC(=O)Nc1c(C)[nH]c(/C=C2\C(=O)Nc3ccc(Cl)cc32)c1C. The normalized spacial score (nSPS) is 14.4. The molecule has 29 heavy (non-hydrogen) atoms. The second-order valence-electron chi connectivity index (χ2n) is 7.19. The molecule has 1 aliphatic rings. The van der Waals surface area contributed by atoms with Gasteiger partial charge in [0.25, 0.3) is 5.91 Å². The zero-order valence-corrected chi connectivity index (χ0v) is 18.0. The fourth-order valence-electron chi connectivity index (χ4n) is 3.56. The summed E-state index contributed by atoms with van der Waals surface area (Å²) < 4.78 is 0. The van der Waals surface area contributed by atoms with Crippen LogP contribution in [-0.4, -0.2) is 41.3 Å². The molecule has 0 fully saturated rings. The Morgan fingerprint density at radius 3 is 2.66 bits per heavy atom. The standard InChI is InChI=1S/C22H27ClN4O2/c1-5-27(6-2)10-9-20(28)26-21-13(3)19(24-14(21)4)12-17-16-11-15(23)7-8-18(16)25-22(17)29/h7-8,11-12,24H,5-6,9-10H2,1-4H3,(H,25,29)(H,26,28)/b17-12-. The number of aryl methyl sites for hydroxylation is 1. The smallest absolute Gasteiger partial charge is 0.256 e. The molecule has 2 heterocycles. The van der Waals surface area contributed by atoms with Crippen molar-refractivity contribution in [2.45, 2.75) is 34.1 Å². The van der Waals surface area contributed by atoms with Crippen LogP contribution in [0.3, 0.4) is 0 Å². The molecule has 154 valence electrons. The zero-order chi connectivity index (χ0) is 21.1. The van der Waals surface area contributed by atoms with Crippen LogP contribution in [0, 0.1) is 13.8 Å². The maximum absolute atomic E-state index is 12.4. The Balaban J connectivity index is 1.82. The number of fused-ring (bicyclic) bond motifs is 1. The molecule has 1 aliphatic heterocycles. The summed E-state index contributed by atoms with van der Waals surface area (Å²) >= 11 is 6.11. The summed E-state index contributed by atoms with van der Waals surface area (Å²) in [6.07, 6.45) is 2.25. The van der Waals surface area contributed by atoms with Gasteiger partial charge in [-0.05, 0) is 56.8 Å². The Labute approximate surface area is 176 Å². The summed E-state index contributed by atoms with van der Waals surface area (Å²) in [5, 5.41) is 6.45. The summed E-state index contributed by atoms with van der Waals surface area (Å²) in [7, 11) is 0. The van der Waals surface area contributed by atoms with Gasteiger partial charge in [0.2, 0.25) is 5.91 Å². The minimum absolute atomic E-state index is 0.0166. The maximum atomic E-state index is 12.4. The van der Waals surface area contributed by atoms with Gasteiger partial charge in [-0.25, -0.2) is 0 Å². The molecular formula is C22H27ClN4O2. The number of aromatic amines is 1. The third kappa shape index (κ3) is 4.54. The third-order valence-electron chi connectivity index (χ3n) is 5.34. The topological polar surface area (TPSA) is 77.2 Å². The van der Waals surface area contributed by atoms with Crippen LogP contribution in [0.1, 0.15) is 42.8 Å². The second kappa shape index (κ2) is 8.84. The van der Waals surface area contributed by atoms with Crippen LogP contribution in [0.15, 0.2) is 18.2 Å². The van der Waals surface area contributed by atoms with Gasteiger partial charge in [0.05, 0.1) is 11.3 Å².